The Kier molecular flexibility index (Phi) is 10.8. The van der Waals surface area contributed by atoms with Gasteiger partial charge in [-0.2, -0.15) is 0 Å². The summed E-state index contributed by atoms with van der Waals surface area (Å²) in [5, 5.41) is 3.84. The smallest absolute Gasteiger partial charge is 0.162 e. The highest BCUT2D eigenvalue weighted by Crippen LogP contribution is 2.35. The lowest BCUT2D eigenvalue weighted by Crippen LogP contribution is -2.15. The maximum atomic E-state index is 14.0. The molecule has 0 heterocycles. The minimum Gasteiger partial charge on any atom is -0.490 e. The molecule has 2 aromatic carbocycles. The van der Waals surface area contributed by atoms with Gasteiger partial charge in [0, 0.05) is 16.6 Å². The molecule has 0 aliphatic heterocycles. The zero-order valence-electron chi connectivity index (χ0n) is 17.2. The monoisotopic (exact) mass is 485 g/mol. The summed E-state index contributed by atoms with van der Waals surface area (Å²) in [6.45, 7) is 6.44. The zero-order valence-corrected chi connectivity index (χ0v) is 19.5. The van der Waals surface area contributed by atoms with Crippen LogP contribution in [0, 0.1) is 5.82 Å². The number of ether oxygens (including phenoxy) is 2. The van der Waals surface area contributed by atoms with Crippen molar-refractivity contribution in [1.82, 2.24) is 5.32 Å². The van der Waals surface area contributed by atoms with Crippen LogP contribution in [0.1, 0.15) is 57.1 Å². The molecular weight excluding hydrogens is 457 g/mol. The second-order valence-corrected chi connectivity index (χ2v) is 8.16. The molecule has 2 aromatic rings. The Morgan fingerprint density at radius 3 is 2.52 bits per heavy atom. The molecule has 0 unspecified atom stereocenters. The lowest BCUT2D eigenvalue weighted by Gasteiger charge is -2.16. The van der Waals surface area contributed by atoms with Crippen LogP contribution in [0.4, 0.5) is 4.39 Å². The van der Waals surface area contributed by atoms with Gasteiger partial charge in [-0.05, 0) is 49.7 Å². The summed E-state index contributed by atoms with van der Waals surface area (Å²) in [4.78, 5) is 0. The van der Waals surface area contributed by atoms with Crippen LogP contribution in [0.2, 0.25) is 5.02 Å². The van der Waals surface area contributed by atoms with Crippen molar-refractivity contribution in [2.24, 2.45) is 0 Å². The number of halogens is 3. The molecule has 0 saturated carbocycles. The van der Waals surface area contributed by atoms with Gasteiger partial charge in [0.05, 0.1) is 11.6 Å². The van der Waals surface area contributed by atoms with Crippen LogP contribution >= 0.6 is 27.5 Å². The van der Waals surface area contributed by atoms with E-state index in [1.54, 1.807) is 12.1 Å². The van der Waals surface area contributed by atoms with Crippen LogP contribution in [-0.2, 0) is 13.2 Å². The summed E-state index contributed by atoms with van der Waals surface area (Å²) >= 11 is 9.71. The maximum absolute atomic E-state index is 14.0. The quantitative estimate of drug-likeness (QED) is 0.302. The highest BCUT2D eigenvalue weighted by atomic mass is 79.9. The summed E-state index contributed by atoms with van der Waals surface area (Å²) in [5.41, 5.74) is 1.43. The molecule has 0 aromatic heterocycles. The van der Waals surface area contributed by atoms with Crippen molar-refractivity contribution < 1.29 is 13.9 Å². The van der Waals surface area contributed by atoms with E-state index in [9.17, 15) is 4.39 Å². The lowest BCUT2D eigenvalue weighted by atomic mass is 10.1. The van der Waals surface area contributed by atoms with E-state index >= 15 is 0 Å². The van der Waals surface area contributed by atoms with Crippen molar-refractivity contribution in [3.05, 3.63) is 56.8 Å². The molecule has 0 spiro atoms. The van der Waals surface area contributed by atoms with Gasteiger partial charge in [-0.15, -0.1) is 0 Å². The molecule has 3 nitrogen and oxygen atoms in total. The average molecular weight is 487 g/mol. The SMILES string of the molecule is CCCCCCCNCc1cc(OCC)c(OCc2c(F)cccc2Cl)cc1Br. The Bertz CT molecular complexity index is 753. The minimum atomic E-state index is -0.380. The normalized spacial score (nSPS) is 10.9. The van der Waals surface area contributed by atoms with Crippen molar-refractivity contribution in [3.8, 4) is 11.5 Å². The highest BCUT2D eigenvalue weighted by molar-refractivity contribution is 9.10. The number of hydrogen-bond acceptors (Lipinski definition) is 3. The summed E-state index contributed by atoms with van der Waals surface area (Å²) < 4.78 is 26.5. The molecule has 0 aliphatic rings. The van der Waals surface area contributed by atoms with Crippen LogP contribution in [0.25, 0.3) is 0 Å². The van der Waals surface area contributed by atoms with E-state index in [1.807, 2.05) is 19.1 Å². The Morgan fingerprint density at radius 2 is 1.79 bits per heavy atom. The highest BCUT2D eigenvalue weighted by Gasteiger charge is 2.13. The summed E-state index contributed by atoms with van der Waals surface area (Å²) in [6.07, 6.45) is 6.31. The molecule has 0 radical (unpaired) electrons. The average Bonchev–Trinajstić information content (AvgIpc) is 2.69. The van der Waals surface area contributed by atoms with Gasteiger partial charge in [-0.1, -0.05) is 66.2 Å². The predicted molar refractivity (Wildman–Crippen MR) is 122 cm³/mol. The molecule has 6 heteroatoms. The number of rotatable bonds is 13. The summed E-state index contributed by atoms with van der Waals surface area (Å²) in [5.74, 6) is 0.818. The molecule has 0 saturated heterocycles. The van der Waals surface area contributed by atoms with E-state index < -0.39 is 0 Å². The molecule has 0 bridgehead atoms. The molecule has 29 heavy (non-hydrogen) atoms. The second-order valence-electron chi connectivity index (χ2n) is 6.90. The molecule has 0 amide bonds. The van der Waals surface area contributed by atoms with Gasteiger partial charge in [-0.25, -0.2) is 4.39 Å². The van der Waals surface area contributed by atoms with Gasteiger partial charge >= 0.3 is 0 Å². The summed E-state index contributed by atoms with van der Waals surface area (Å²) in [6, 6.07) is 8.45. The first-order valence-electron chi connectivity index (χ1n) is 10.3. The van der Waals surface area contributed by atoms with Gasteiger partial charge in [-0.3, -0.25) is 0 Å². The standard InChI is InChI=1S/C23H30BrClFNO2/c1-3-5-6-7-8-12-27-15-17-13-22(28-4-2)23(14-19(17)24)29-16-18-20(25)10-9-11-21(18)26/h9-11,13-14,27H,3-8,12,15-16H2,1-2H3. The molecule has 0 atom stereocenters. The number of unbranched alkanes of at least 4 members (excludes halogenated alkanes) is 4. The summed E-state index contributed by atoms with van der Waals surface area (Å²) in [7, 11) is 0. The third-order valence-electron chi connectivity index (χ3n) is 4.62. The molecule has 0 aliphatic carbocycles. The van der Waals surface area contributed by atoms with Crippen LogP contribution < -0.4 is 14.8 Å². The van der Waals surface area contributed by atoms with Gasteiger partial charge < -0.3 is 14.8 Å². The van der Waals surface area contributed by atoms with E-state index in [4.69, 9.17) is 21.1 Å². The van der Waals surface area contributed by atoms with E-state index in [2.05, 4.69) is 28.2 Å². The fraction of sp³-hybridized carbons (Fsp3) is 0.478. The maximum Gasteiger partial charge on any atom is 0.162 e. The van der Waals surface area contributed by atoms with Crippen molar-refractivity contribution in [3.63, 3.8) is 0 Å². The first-order valence-corrected chi connectivity index (χ1v) is 11.5. The minimum absolute atomic E-state index is 0.0351. The number of nitrogens with one attached hydrogen (secondary N) is 1. The zero-order chi connectivity index (χ0) is 21.1. The number of benzene rings is 2. The van der Waals surface area contributed by atoms with Crippen LogP contribution in [0.15, 0.2) is 34.8 Å². The molecule has 2 rings (SSSR count). The fourth-order valence-electron chi connectivity index (χ4n) is 2.99. The second kappa shape index (κ2) is 13.1. The fourth-order valence-corrected chi connectivity index (χ4v) is 3.67. The first kappa shape index (κ1) is 24.0. The molecule has 0 fully saturated rings. The van der Waals surface area contributed by atoms with Crippen molar-refractivity contribution in [2.75, 3.05) is 13.2 Å². The van der Waals surface area contributed by atoms with E-state index in [-0.39, 0.29) is 12.4 Å². The topological polar surface area (TPSA) is 30.5 Å². The van der Waals surface area contributed by atoms with Gasteiger partial charge in [0.2, 0.25) is 0 Å². The first-order chi connectivity index (χ1) is 14.1. The molecule has 160 valence electrons. The molecular formula is C23H30BrClFNO2. The van der Waals surface area contributed by atoms with E-state index in [0.29, 0.717) is 28.7 Å². The predicted octanol–water partition coefficient (Wildman–Crippen LogP) is 7.28. The van der Waals surface area contributed by atoms with E-state index in [0.717, 1.165) is 23.1 Å². The van der Waals surface area contributed by atoms with Gasteiger partial charge in [0.15, 0.2) is 11.5 Å². The molecule has 1 N–H and O–H groups in total. The third-order valence-corrected chi connectivity index (χ3v) is 5.71. The third kappa shape index (κ3) is 7.80. The van der Waals surface area contributed by atoms with Crippen molar-refractivity contribution >= 4 is 27.5 Å². The van der Waals surface area contributed by atoms with Crippen molar-refractivity contribution in [1.29, 1.82) is 0 Å². The Balaban J connectivity index is 1.99. The Hall–Kier alpha value is -1.30. The van der Waals surface area contributed by atoms with Crippen LogP contribution in [0.5, 0.6) is 11.5 Å². The van der Waals surface area contributed by atoms with Gasteiger partial charge in [0.1, 0.15) is 12.4 Å². The van der Waals surface area contributed by atoms with Crippen molar-refractivity contribution in [2.45, 2.75) is 59.1 Å². The van der Waals surface area contributed by atoms with Crippen LogP contribution in [-0.4, -0.2) is 13.2 Å². The Morgan fingerprint density at radius 1 is 1.03 bits per heavy atom. The number of hydrogen-bond donors (Lipinski definition) is 1. The Labute approximate surface area is 187 Å². The van der Waals surface area contributed by atoms with E-state index in [1.165, 1.54) is 38.2 Å². The lowest BCUT2D eigenvalue weighted by molar-refractivity contribution is 0.265. The van der Waals surface area contributed by atoms with Crippen LogP contribution in [0.3, 0.4) is 0 Å². The van der Waals surface area contributed by atoms with Gasteiger partial charge in [0.25, 0.3) is 0 Å². The largest absolute Gasteiger partial charge is 0.490 e.